The van der Waals surface area contributed by atoms with Crippen LogP contribution in [-0.4, -0.2) is 26.8 Å². The second-order valence-corrected chi connectivity index (χ2v) is 2.29. The molecule has 1 rings (SSSR count). The average Bonchev–Trinajstić information content (AvgIpc) is 2.19. The van der Waals surface area contributed by atoms with Crippen molar-refractivity contribution < 1.29 is 4.74 Å². The van der Waals surface area contributed by atoms with Crippen molar-refractivity contribution in [3.63, 3.8) is 0 Å². The first-order valence-corrected chi connectivity index (χ1v) is 3.16. The van der Waals surface area contributed by atoms with Crippen LogP contribution in [0.5, 0.6) is 0 Å². The highest BCUT2D eigenvalue weighted by molar-refractivity contribution is 5.85. The van der Waals surface area contributed by atoms with Crippen LogP contribution in [0.25, 0.3) is 0 Å². The minimum atomic E-state index is 0. The molecule has 1 aliphatic rings. The molecule has 1 saturated heterocycles. The lowest BCUT2D eigenvalue weighted by molar-refractivity contribution is 0.185. The molecular weight excluding hydrogens is 138 g/mol. The minimum absolute atomic E-state index is 0. The predicted octanol–water partition coefficient (Wildman–Crippen LogP) is 0.664. The van der Waals surface area contributed by atoms with Crippen molar-refractivity contribution in [3.8, 4) is 0 Å². The van der Waals surface area contributed by atoms with E-state index < -0.39 is 0 Å². The third-order valence-electron chi connectivity index (χ3n) is 1.52. The van der Waals surface area contributed by atoms with Crippen LogP contribution in [0.15, 0.2) is 0 Å². The van der Waals surface area contributed by atoms with E-state index in [1.54, 1.807) is 0 Å². The zero-order valence-corrected chi connectivity index (χ0v) is 6.54. The molecule has 1 heterocycles. The predicted molar refractivity (Wildman–Crippen MR) is 40.1 cm³/mol. The summed E-state index contributed by atoms with van der Waals surface area (Å²) in [7, 11) is 1.98. The van der Waals surface area contributed by atoms with Crippen molar-refractivity contribution in [2.45, 2.75) is 6.42 Å². The van der Waals surface area contributed by atoms with E-state index >= 15 is 0 Å². The molecule has 1 N–H and O–H groups in total. The summed E-state index contributed by atoms with van der Waals surface area (Å²) in [6.45, 7) is 3.03. The van der Waals surface area contributed by atoms with Crippen LogP contribution in [0.1, 0.15) is 6.42 Å². The molecular formula is C6H14ClNO. The molecule has 1 fully saturated rings. The normalized spacial score (nSPS) is 25.7. The van der Waals surface area contributed by atoms with Crippen LogP contribution in [0.2, 0.25) is 0 Å². The van der Waals surface area contributed by atoms with E-state index in [-0.39, 0.29) is 12.4 Å². The molecule has 3 heteroatoms. The molecule has 1 aliphatic heterocycles. The van der Waals surface area contributed by atoms with Gasteiger partial charge in [-0.1, -0.05) is 0 Å². The standard InChI is InChI=1S/C6H13NO.ClH/c1-7-4-6-2-3-8-5-6;/h6-7H,2-5H2,1H3;1H. The largest absolute Gasteiger partial charge is 0.381 e. The van der Waals surface area contributed by atoms with Gasteiger partial charge in [0.25, 0.3) is 0 Å². The number of hydrogen-bond donors (Lipinski definition) is 1. The summed E-state index contributed by atoms with van der Waals surface area (Å²) in [4.78, 5) is 0. The summed E-state index contributed by atoms with van der Waals surface area (Å²) >= 11 is 0. The average molecular weight is 152 g/mol. The summed E-state index contributed by atoms with van der Waals surface area (Å²) in [5.41, 5.74) is 0. The lowest BCUT2D eigenvalue weighted by Gasteiger charge is -2.03. The number of nitrogens with one attached hydrogen (secondary N) is 1. The highest BCUT2D eigenvalue weighted by Crippen LogP contribution is 2.09. The Morgan fingerprint density at radius 3 is 2.89 bits per heavy atom. The van der Waals surface area contributed by atoms with Crippen LogP contribution in [0, 0.1) is 5.92 Å². The first-order chi connectivity index (χ1) is 3.93. The van der Waals surface area contributed by atoms with Gasteiger partial charge in [-0.05, 0) is 25.9 Å². The van der Waals surface area contributed by atoms with Crippen LogP contribution in [-0.2, 0) is 4.74 Å². The molecule has 2 nitrogen and oxygen atoms in total. The van der Waals surface area contributed by atoms with Gasteiger partial charge < -0.3 is 10.1 Å². The molecule has 56 valence electrons. The first kappa shape index (κ1) is 9.21. The molecule has 9 heavy (non-hydrogen) atoms. The Morgan fingerprint density at radius 2 is 2.44 bits per heavy atom. The van der Waals surface area contributed by atoms with Gasteiger partial charge in [0.15, 0.2) is 0 Å². The van der Waals surface area contributed by atoms with Gasteiger partial charge in [-0.25, -0.2) is 0 Å². The summed E-state index contributed by atoms with van der Waals surface area (Å²) < 4.78 is 5.17. The van der Waals surface area contributed by atoms with Gasteiger partial charge >= 0.3 is 0 Å². The van der Waals surface area contributed by atoms with Crippen molar-refractivity contribution in [2.75, 3.05) is 26.8 Å². The molecule has 0 radical (unpaired) electrons. The maximum absolute atomic E-state index is 5.17. The number of hydrogen-bond acceptors (Lipinski definition) is 2. The van der Waals surface area contributed by atoms with E-state index in [0.29, 0.717) is 0 Å². The van der Waals surface area contributed by atoms with Crippen LogP contribution < -0.4 is 5.32 Å². The van der Waals surface area contributed by atoms with E-state index in [1.165, 1.54) is 6.42 Å². The van der Waals surface area contributed by atoms with Gasteiger partial charge in [-0.15, -0.1) is 12.4 Å². The number of ether oxygens (including phenoxy) is 1. The molecule has 0 aromatic heterocycles. The van der Waals surface area contributed by atoms with E-state index in [1.807, 2.05) is 7.05 Å². The maximum Gasteiger partial charge on any atom is 0.0507 e. The van der Waals surface area contributed by atoms with Gasteiger partial charge in [0.1, 0.15) is 0 Å². The highest BCUT2D eigenvalue weighted by atomic mass is 35.5. The molecule has 0 spiro atoms. The van der Waals surface area contributed by atoms with E-state index in [0.717, 1.165) is 25.7 Å². The molecule has 0 amide bonds. The zero-order chi connectivity index (χ0) is 5.82. The van der Waals surface area contributed by atoms with E-state index in [4.69, 9.17) is 4.74 Å². The van der Waals surface area contributed by atoms with E-state index in [2.05, 4.69) is 5.32 Å². The fraction of sp³-hybridized carbons (Fsp3) is 1.00. The Bertz CT molecular complexity index is 64.1. The molecule has 1 atom stereocenters. The van der Waals surface area contributed by atoms with Crippen molar-refractivity contribution >= 4 is 12.4 Å². The summed E-state index contributed by atoms with van der Waals surface area (Å²) in [5, 5.41) is 3.13. The van der Waals surface area contributed by atoms with Crippen molar-refractivity contribution in [1.82, 2.24) is 5.32 Å². The van der Waals surface area contributed by atoms with Gasteiger partial charge in [0.05, 0.1) is 6.61 Å². The minimum Gasteiger partial charge on any atom is -0.381 e. The van der Waals surface area contributed by atoms with Crippen LogP contribution in [0.3, 0.4) is 0 Å². The lowest BCUT2D eigenvalue weighted by Crippen LogP contribution is -2.18. The van der Waals surface area contributed by atoms with Gasteiger partial charge in [-0.3, -0.25) is 0 Å². The van der Waals surface area contributed by atoms with Crippen molar-refractivity contribution in [1.29, 1.82) is 0 Å². The van der Waals surface area contributed by atoms with Gasteiger partial charge in [0, 0.05) is 6.61 Å². The Labute approximate surface area is 62.4 Å². The topological polar surface area (TPSA) is 21.3 Å². The molecule has 0 saturated carbocycles. The summed E-state index contributed by atoms with van der Waals surface area (Å²) in [6, 6.07) is 0. The Hall–Kier alpha value is 0.210. The van der Waals surface area contributed by atoms with Crippen molar-refractivity contribution in [3.05, 3.63) is 0 Å². The van der Waals surface area contributed by atoms with Crippen molar-refractivity contribution in [2.24, 2.45) is 5.92 Å². The Balaban J connectivity index is 0.000000640. The highest BCUT2D eigenvalue weighted by Gasteiger charge is 2.13. The Kier molecular flexibility index (Phi) is 5.15. The van der Waals surface area contributed by atoms with Gasteiger partial charge in [0.2, 0.25) is 0 Å². The van der Waals surface area contributed by atoms with E-state index in [9.17, 15) is 0 Å². The van der Waals surface area contributed by atoms with Crippen LogP contribution in [0.4, 0.5) is 0 Å². The summed E-state index contributed by atoms with van der Waals surface area (Å²) in [6.07, 6.45) is 1.24. The first-order valence-electron chi connectivity index (χ1n) is 3.16. The Morgan fingerprint density at radius 1 is 1.67 bits per heavy atom. The molecule has 0 aliphatic carbocycles. The molecule has 0 aromatic rings. The second-order valence-electron chi connectivity index (χ2n) is 2.29. The second kappa shape index (κ2) is 5.03. The fourth-order valence-corrected chi connectivity index (χ4v) is 1.03. The quantitative estimate of drug-likeness (QED) is 0.627. The maximum atomic E-state index is 5.17. The SMILES string of the molecule is CNCC1CCOC1.Cl. The van der Waals surface area contributed by atoms with Gasteiger partial charge in [-0.2, -0.15) is 0 Å². The monoisotopic (exact) mass is 151 g/mol. The smallest absolute Gasteiger partial charge is 0.0507 e. The van der Waals surface area contributed by atoms with Crippen LogP contribution >= 0.6 is 12.4 Å². The summed E-state index contributed by atoms with van der Waals surface area (Å²) in [5.74, 6) is 0.778. The molecule has 1 unspecified atom stereocenters. The number of halogens is 1. The third-order valence-corrected chi connectivity index (χ3v) is 1.52. The molecule has 0 bridgehead atoms. The third kappa shape index (κ3) is 3.04. The fourth-order valence-electron chi connectivity index (χ4n) is 1.03. The molecule has 0 aromatic carbocycles. The zero-order valence-electron chi connectivity index (χ0n) is 5.72. The lowest BCUT2D eigenvalue weighted by atomic mass is 10.1. The number of rotatable bonds is 2.